The number of pyridine rings is 2. The van der Waals surface area contributed by atoms with Crippen LogP contribution < -0.4 is 0 Å². The van der Waals surface area contributed by atoms with Gasteiger partial charge in [0.2, 0.25) is 0 Å². The van der Waals surface area contributed by atoms with Crippen molar-refractivity contribution >= 4 is 0 Å². The van der Waals surface area contributed by atoms with Crippen LogP contribution in [0, 0.1) is 18.3 Å². The SMILES string of the molecule is Cc1cccc(C(C)(C#N)c2ccccn2)n1. The molecule has 84 valence electrons. The van der Waals surface area contributed by atoms with Crippen molar-refractivity contribution in [2.24, 2.45) is 0 Å². The summed E-state index contributed by atoms with van der Waals surface area (Å²) >= 11 is 0. The van der Waals surface area contributed by atoms with Crippen LogP contribution >= 0.6 is 0 Å². The summed E-state index contributed by atoms with van der Waals surface area (Å²) in [5.74, 6) is 0. The second-order valence-electron chi connectivity index (χ2n) is 4.12. The van der Waals surface area contributed by atoms with Crippen LogP contribution in [0.5, 0.6) is 0 Å². The zero-order valence-corrected chi connectivity index (χ0v) is 9.88. The van der Waals surface area contributed by atoms with Crippen molar-refractivity contribution < 1.29 is 0 Å². The molecule has 0 aliphatic carbocycles. The van der Waals surface area contributed by atoms with Gasteiger partial charge in [0.05, 0.1) is 17.5 Å². The Labute approximate surface area is 101 Å². The van der Waals surface area contributed by atoms with E-state index in [4.69, 9.17) is 0 Å². The summed E-state index contributed by atoms with van der Waals surface area (Å²) in [6.07, 6.45) is 1.70. The molecule has 0 spiro atoms. The molecule has 0 saturated heterocycles. The van der Waals surface area contributed by atoms with E-state index in [0.717, 1.165) is 17.1 Å². The van der Waals surface area contributed by atoms with Gasteiger partial charge < -0.3 is 0 Å². The van der Waals surface area contributed by atoms with Gasteiger partial charge in [0.15, 0.2) is 0 Å². The highest BCUT2D eigenvalue weighted by molar-refractivity contribution is 5.38. The fourth-order valence-corrected chi connectivity index (χ4v) is 1.73. The molecular formula is C14H13N3. The maximum Gasteiger partial charge on any atom is 0.138 e. The van der Waals surface area contributed by atoms with Crippen LogP contribution in [0.4, 0.5) is 0 Å². The quantitative estimate of drug-likeness (QED) is 0.786. The van der Waals surface area contributed by atoms with Gasteiger partial charge in [0.1, 0.15) is 5.41 Å². The van der Waals surface area contributed by atoms with Crippen molar-refractivity contribution in [3.8, 4) is 6.07 Å². The minimum atomic E-state index is -0.798. The largest absolute Gasteiger partial charge is 0.259 e. The predicted molar refractivity (Wildman–Crippen MR) is 65.3 cm³/mol. The highest BCUT2D eigenvalue weighted by atomic mass is 14.8. The Balaban J connectivity index is 2.57. The fourth-order valence-electron chi connectivity index (χ4n) is 1.73. The van der Waals surface area contributed by atoms with E-state index in [-0.39, 0.29) is 0 Å². The number of aromatic nitrogens is 2. The molecule has 0 radical (unpaired) electrons. The molecule has 3 nitrogen and oxygen atoms in total. The number of rotatable bonds is 2. The molecule has 0 bridgehead atoms. The lowest BCUT2D eigenvalue weighted by Gasteiger charge is -2.20. The Morgan fingerprint density at radius 3 is 2.47 bits per heavy atom. The summed E-state index contributed by atoms with van der Waals surface area (Å²) in [5, 5.41) is 9.45. The topological polar surface area (TPSA) is 49.6 Å². The Kier molecular flexibility index (Phi) is 2.88. The zero-order valence-electron chi connectivity index (χ0n) is 9.88. The van der Waals surface area contributed by atoms with Gasteiger partial charge in [0, 0.05) is 11.9 Å². The Bertz CT molecular complexity index is 557. The van der Waals surface area contributed by atoms with Crippen molar-refractivity contribution in [2.45, 2.75) is 19.3 Å². The number of hydrogen-bond donors (Lipinski definition) is 0. The van der Waals surface area contributed by atoms with Crippen LogP contribution in [0.1, 0.15) is 24.0 Å². The highest BCUT2D eigenvalue weighted by Gasteiger charge is 2.31. The van der Waals surface area contributed by atoms with E-state index in [1.54, 1.807) is 6.20 Å². The summed E-state index contributed by atoms with van der Waals surface area (Å²) in [5.41, 5.74) is 1.56. The summed E-state index contributed by atoms with van der Waals surface area (Å²) in [4.78, 5) is 8.70. The van der Waals surface area contributed by atoms with Gasteiger partial charge in [-0.25, -0.2) is 0 Å². The highest BCUT2D eigenvalue weighted by Crippen LogP contribution is 2.28. The van der Waals surface area contributed by atoms with Gasteiger partial charge in [-0.05, 0) is 38.1 Å². The molecule has 0 aliphatic heterocycles. The molecule has 17 heavy (non-hydrogen) atoms. The lowest BCUT2D eigenvalue weighted by molar-refractivity contribution is 0.679. The van der Waals surface area contributed by atoms with Gasteiger partial charge >= 0.3 is 0 Å². The first-order valence-electron chi connectivity index (χ1n) is 5.44. The lowest BCUT2D eigenvalue weighted by Crippen LogP contribution is -2.24. The van der Waals surface area contributed by atoms with Crippen molar-refractivity contribution in [1.82, 2.24) is 9.97 Å². The predicted octanol–water partition coefficient (Wildman–Crippen LogP) is 2.61. The molecule has 1 atom stereocenters. The standard InChI is InChI=1S/C14H13N3/c1-11-6-5-8-13(17-11)14(2,10-15)12-7-3-4-9-16-12/h3-9H,1-2H3. The van der Waals surface area contributed by atoms with E-state index < -0.39 is 5.41 Å². The Morgan fingerprint density at radius 1 is 1.12 bits per heavy atom. The Hall–Kier alpha value is -2.21. The summed E-state index contributed by atoms with van der Waals surface area (Å²) in [6.45, 7) is 3.76. The van der Waals surface area contributed by atoms with Crippen LogP contribution in [0.15, 0.2) is 42.6 Å². The zero-order chi connectivity index (χ0) is 12.3. The van der Waals surface area contributed by atoms with E-state index in [0.29, 0.717) is 0 Å². The molecule has 2 heterocycles. The first kappa shape index (κ1) is 11.3. The maximum atomic E-state index is 9.45. The average Bonchev–Trinajstić information content (AvgIpc) is 2.39. The van der Waals surface area contributed by atoms with Crippen LogP contribution in [0.3, 0.4) is 0 Å². The minimum absolute atomic E-state index is 0.723. The summed E-state index contributed by atoms with van der Waals surface area (Å²) in [6, 6.07) is 13.6. The molecule has 0 N–H and O–H groups in total. The lowest BCUT2D eigenvalue weighted by atomic mass is 9.84. The third-order valence-corrected chi connectivity index (χ3v) is 2.80. The summed E-state index contributed by atoms with van der Waals surface area (Å²) in [7, 11) is 0. The van der Waals surface area contributed by atoms with E-state index >= 15 is 0 Å². The van der Waals surface area contributed by atoms with Gasteiger partial charge in [-0.3, -0.25) is 9.97 Å². The van der Waals surface area contributed by atoms with Crippen LogP contribution in [-0.2, 0) is 5.41 Å². The van der Waals surface area contributed by atoms with E-state index in [2.05, 4.69) is 16.0 Å². The monoisotopic (exact) mass is 223 g/mol. The molecule has 0 aliphatic rings. The molecule has 2 aromatic heterocycles. The first-order chi connectivity index (χ1) is 8.16. The van der Waals surface area contributed by atoms with Gasteiger partial charge in [-0.2, -0.15) is 5.26 Å². The van der Waals surface area contributed by atoms with E-state index in [1.165, 1.54) is 0 Å². The molecule has 2 aromatic rings. The van der Waals surface area contributed by atoms with Gasteiger partial charge in [-0.1, -0.05) is 12.1 Å². The maximum absolute atomic E-state index is 9.45. The number of nitriles is 1. The Morgan fingerprint density at radius 2 is 1.88 bits per heavy atom. The smallest absolute Gasteiger partial charge is 0.138 e. The third kappa shape index (κ3) is 2.02. The first-order valence-corrected chi connectivity index (χ1v) is 5.44. The van der Waals surface area contributed by atoms with Crippen LogP contribution in [-0.4, -0.2) is 9.97 Å². The van der Waals surface area contributed by atoms with Crippen LogP contribution in [0.25, 0.3) is 0 Å². The van der Waals surface area contributed by atoms with Crippen molar-refractivity contribution in [3.05, 3.63) is 59.7 Å². The number of aryl methyl sites for hydroxylation is 1. The second-order valence-corrected chi connectivity index (χ2v) is 4.12. The van der Waals surface area contributed by atoms with E-state index in [1.807, 2.05) is 50.2 Å². The molecular weight excluding hydrogens is 210 g/mol. The minimum Gasteiger partial charge on any atom is -0.259 e. The van der Waals surface area contributed by atoms with Crippen LogP contribution in [0.2, 0.25) is 0 Å². The second kappa shape index (κ2) is 4.34. The van der Waals surface area contributed by atoms with Gasteiger partial charge in [-0.15, -0.1) is 0 Å². The molecule has 0 amide bonds. The molecule has 0 fully saturated rings. The molecule has 0 aromatic carbocycles. The summed E-state index contributed by atoms with van der Waals surface area (Å²) < 4.78 is 0. The number of nitrogens with zero attached hydrogens (tertiary/aromatic N) is 3. The van der Waals surface area contributed by atoms with Gasteiger partial charge in [0.25, 0.3) is 0 Å². The van der Waals surface area contributed by atoms with Crippen molar-refractivity contribution in [2.75, 3.05) is 0 Å². The molecule has 1 unspecified atom stereocenters. The fraction of sp³-hybridized carbons (Fsp3) is 0.214. The average molecular weight is 223 g/mol. The number of hydrogen-bond acceptors (Lipinski definition) is 3. The molecule has 0 saturated carbocycles. The van der Waals surface area contributed by atoms with Crippen molar-refractivity contribution in [3.63, 3.8) is 0 Å². The third-order valence-electron chi connectivity index (χ3n) is 2.80. The van der Waals surface area contributed by atoms with Crippen molar-refractivity contribution in [1.29, 1.82) is 5.26 Å². The molecule has 3 heteroatoms. The van der Waals surface area contributed by atoms with E-state index in [9.17, 15) is 5.26 Å². The normalized spacial score (nSPS) is 13.7. The molecule has 2 rings (SSSR count).